The number of ether oxygens (including phenoxy) is 3. The van der Waals surface area contributed by atoms with Gasteiger partial charge < -0.3 is 24.2 Å². The molecular weight excluding hydrogens is 405 g/mol. The van der Waals surface area contributed by atoms with Crippen LogP contribution in [-0.2, 0) is 14.3 Å². The van der Waals surface area contributed by atoms with Crippen molar-refractivity contribution in [3.8, 4) is 11.5 Å². The van der Waals surface area contributed by atoms with Crippen molar-refractivity contribution in [3.63, 3.8) is 0 Å². The minimum absolute atomic E-state index is 0.0659. The van der Waals surface area contributed by atoms with E-state index in [1.54, 1.807) is 25.1 Å². The number of likely N-dealkylation sites (tertiary alicyclic amines) is 1. The van der Waals surface area contributed by atoms with Crippen LogP contribution in [0.25, 0.3) is 5.76 Å². The molecule has 31 heavy (non-hydrogen) atoms. The number of aliphatic hydroxyl groups is 1. The first kappa shape index (κ1) is 20.9. The molecular formula is C23H22FNO6. The van der Waals surface area contributed by atoms with Crippen molar-refractivity contribution < 1.29 is 33.3 Å². The predicted molar refractivity (Wildman–Crippen MR) is 109 cm³/mol. The van der Waals surface area contributed by atoms with Gasteiger partial charge in [0.1, 0.15) is 24.8 Å². The quantitative estimate of drug-likeness (QED) is 0.449. The molecule has 2 aromatic rings. The van der Waals surface area contributed by atoms with Crippen LogP contribution in [0.3, 0.4) is 0 Å². The van der Waals surface area contributed by atoms with Gasteiger partial charge in [-0.15, -0.1) is 0 Å². The summed E-state index contributed by atoms with van der Waals surface area (Å²) in [5.74, 6) is -1.27. The third-order valence-electron chi connectivity index (χ3n) is 5.39. The monoisotopic (exact) mass is 427 g/mol. The van der Waals surface area contributed by atoms with Gasteiger partial charge in [0.2, 0.25) is 0 Å². The summed E-state index contributed by atoms with van der Waals surface area (Å²) in [6.07, 6.45) is 0. The smallest absolute Gasteiger partial charge is 0.295 e. The van der Waals surface area contributed by atoms with Crippen molar-refractivity contribution in [3.05, 3.63) is 64.5 Å². The Balaban J connectivity index is 1.86. The van der Waals surface area contributed by atoms with E-state index >= 15 is 0 Å². The maximum atomic E-state index is 13.7. The molecule has 0 saturated carbocycles. The number of amides is 1. The molecule has 162 valence electrons. The number of nitrogens with zero attached hydrogens (tertiary/aromatic N) is 1. The van der Waals surface area contributed by atoms with E-state index in [0.29, 0.717) is 35.8 Å². The lowest BCUT2D eigenvalue weighted by Crippen LogP contribution is -2.32. The number of aryl methyl sites for hydroxylation is 1. The summed E-state index contributed by atoms with van der Waals surface area (Å²) in [5.41, 5.74) is 1.09. The predicted octanol–water partition coefficient (Wildman–Crippen LogP) is 2.97. The van der Waals surface area contributed by atoms with Gasteiger partial charge in [-0.25, -0.2) is 4.39 Å². The second-order valence-corrected chi connectivity index (χ2v) is 7.35. The van der Waals surface area contributed by atoms with E-state index in [1.165, 1.54) is 30.2 Å². The fraction of sp³-hybridized carbons (Fsp3) is 0.304. The number of aliphatic hydroxyl groups excluding tert-OH is 1. The fourth-order valence-corrected chi connectivity index (χ4v) is 3.82. The molecule has 8 heteroatoms. The van der Waals surface area contributed by atoms with Crippen LogP contribution in [0, 0.1) is 12.7 Å². The Morgan fingerprint density at radius 1 is 1.16 bits per heavy atom. The van der Waals surface area contributed by atoms with Crippen LogP contribution in [0.2, 0.25) is 0 Å². The molecule has 1 fully saturated rings. The van der Waals surface area contributed by atoms with Crippen LogP contribution in [0.4, 0.5) is 4.39 Å². The second kappa shape index (κ2) is 8.39. The number of carbonyl (C=O) groups excluding carboxylic acids is 2. The SMILES string of the molecule is COCCN1C(=O)C(=O)/C(=C(\O)c2ccc(F)c(C)c2)C1c1ccc2c(c1)OCCO2. The number of methoxy groups -OCH3 is 1. The van der Waals surface area contributed by atoms with Gasteiger partial charge in [0.15, 0.2) is 11.5 Å². The maximum Gasteiger partial charge on any atom is 0.295 e. The Hall–Kier alpha value is -3.39. The van der Waals surface area contributed by atoms with Crippen molar-refractivity contribution in [1.29, 1.82) is 0 Å². The van der Waals surface area contributed by atoms with E-state index in [-0.39, 0.29) is 30.0 Å². The van der Waals surface area contributed by atoms with Gasteiger partial charge in [-0.05, 0) is 48.4 Å². The van der Waals surface area contributed by atoms with E-state index in [1.807, 2.05) is 0 Å². The zero-order chi connectivity index (χ0) is 22.1. The Morgan fingerprint density at radius 2 is 1.90 bits per heavy atom. The average molecular weight is 427 g/mol. The lowest BCUT2D eigenvalue weighted by Gasteiger charge is -2.26. The second-order valence-electron chi connectivity index (χ2n) is 7.35. The number of hydrogen-bond donors (Lipinski definition) is 1. The summed E-state index contributed by atoms with van der Waals surface area (Å²) in [5, 5.41) is 11.0. The van der Waals surface area contributed by atoms with Crippen molar-refractivity contribution >= 4 is 17.4 Å². The number of benzene rings is 2. The van der Waals surface area contributed by atoms with Gasteiger partial charge in [-0.2, -0.15) is 0 Å². The molecule has 1 amide bonds. The number of rotatable bonds is 5. The molecule has 2 aliphatic heterocycles. The van der Waals surface area contributed by atoms with Gasteiger partial charge in [0, 0.05) is 19.2 Å². The van der Waals surface area contributed by atoms with Crippen LogP contribution in [0.5, 0.6) is 11.5 Å². The van der Waals surface area contributed by atoms with Gasteiger partial charge in [-0.3, -0.25) is 9.59 Å². The molecule has 7 nitrogen and oxygen atoms in total. The molecule has 1 N–H and O–H groups in total. The third-order valence-corrected chi connectivity index (χ3v) is 5.39. The first-order chi connectivity index (χ1) is 14.9. The standard InChI is InChI=1S/C23H22FNO6/c1-13-11-15(3-5-16(13)24)21(26)19-20(25(7-8-29-2)23(28)22(19)27)14-4-6-17-18(12-14)31-10-9-30-17/h3-6,11-12,20,26H,7-10H2,1-2H3/b21-19-. The molecule has 0 aliphatic carbocycles. The Morgan fingerprint density at radius 3 is 2.61 bits per heavy atom. The van der Waals surface area contributed by atoms with E-state index in [0.717, 1.165) is 0 Å². The van der Waals surface area contributed by atoms with Crippen LogP contribution >= 0.6 is 0 Å². The fourth-order valence-electron chi connectivity index (χ4n) is 3.82. The molecule has 0 spiro atoms. The van der Waals surface area contributed by atoms with Crippen LogP contribution in [0.1, 0.15) is 22.7 Å². The summed E-state index contributed by atoms with van der Waals surface area (Å²) in [6, 6.07) is 8.32. The van der Waals surface area contributed by atoms with Crippen LogP contribution in [-0.4, -0.2) is 55.2 Å². The maximum absolute atomic E-state index is 13.7. The van der Waals surface area contributed by atoms with Gasteiger partial charge in [0.05, 0.1) is 18.2 Å². The lowest BCUT2D eigenvalue weighted by molar-refractivity contribution is -0.140. The number of halogens is 1. The first-order valence-electron chi connectivity index (χ1n) is 9.85. The van der Waals surface area contributed by atoms with Crippen molar-refractivity contribution in [2.24, 2.45) is 0 Å². The first-order valence-corrected chi connectivity index (χ1v) is 9.85. The molecule has 0 radical (unpaired) electrons. The van der Waals surface area contributed by atoms with E-state index in [2.05, 4.69) is 0 Å². The third kappa shape index (κ3) is 3.74. The van der Waals surface area contributed by atoms with E-state index < -0.39 is 23.5 Å². The number of hydrogen-bond acceptors (Lipinski definition) is 6. The summed E-state index contributed by atoms with van der Waals surface area (Å²) < 4.78 is 30.0. The lowest BCUT2D eigenvalue weighted by atomic mass is 9.94. The van der Waals surface area contributed by atoms with Crippen LogP contribution < -0.4 is 9.47 Å². The summed E-state index contributed by atoms with van der Waals surface area (Å²) in [4.78, 5) is 27.1. The molecule has 1 atom stereocenters. The normalized spacial score (nSPS) is 19.7. The van der Waals surface area contributed by atoms with Crippen molar-refractivity contribution in [2.45, 2.75) is 13.0 Å². The summed E-state index contributed by atoms with van der Waals surface area (Å²) >= 11 is 0. The number of ketones is 1. The van der Waals surface area contributed by atoms with Gasteiger partial charge in [-0.1, -0.05) is 6.07 Å². The molecule has 1 unspecified atom stereocenters. The number of fused-ring (bicyclic) bond motifs is 1. The highest BCUT2D eigenvalue weighted by atomic mass is 19.1. The average Bonchev–Trinajstić information content (AvgIpc) is 3.03. The Labute approximate surface area is 178 Å². The molecule has 0 bridgehead atoms. The molecule has 1 saturated heterocycles. The zero-order valence-corrected chi connectivity index (χ0v) is 17.2. The van der Waals surface area contributed by atoms with Crippen molar-refractivity contribution in [2.75, 3.05) is 33.5 Å². The summed E-state index contributed by atoms with van der Waals surface area (Å²) in [7, 11) is 1.50. The summed E-state index contributed by atoms with van der Waals surface area (Å²) in [6.45, 7) is 2.74. The van der Waals surface area contributed by atoms with Gasteiger partial charge >= 0.3 is 0 Å². The molecule has 2 aromatic carbocycles. The number of Topliss-reactive ketones (excluding diaryl/α,β-unsaturated/α-hetero) is 1. The Kier molecular flexibility index (Phi) is 5.65. The highest BCUT2D eigenvalue weighted by Gasteiger charge is 2.46. The van der Waals surface area contributed by atoms with E-state index in [4.69, 9.17) is 14.2 Å². The minimum atomic E-state index is -0.851. The largest absolute Gasteiger partial charge is 0.507 e. The highest BCUT2D eigenvalue weighted by Crippen LogP contribution is 2.42. The van der Waals surface area contributed by atoms with Gasteiger partial charge in [0.25, 0.3) is 11.7 Å². The molecule has 4 rings (SSSR count). The Bertz CT molecular complexity index is 1080. The van der Waals surface area contributed by atoms with Crippen molar-refractivity contribution in [1.82, 2.24) is 4.90 Å². The van der Waals surface area contributed by atoms with E-state index in [9.17, 15) is 19.1 Å². The topological polar surface area (TPSA) is 85.3 Å². The highest BCUT2D eigenvalue weighted by molar-refractivity contribution is 6.46. The molecule has 2 aliphatic rings. The molecule has 2 heterocycles. The van der Waals surface area contributed by atoms with Crippen LogP contribution in [0.15, 0.2) is 42.0 Å². The number of carbonyl (C=O) groups is 2. The zero-order valence-electron chi connectivity index (χ0n) is 17.2. The molecule has 0 aromatic heterocycles. The minimum Gasteiger partial charge on any atom is -0.507 e.